The molecule has 5 heteroatoms. The van der Waals surface area contributed by atoms with Crippen molar-refractivity contribution in [3.05, 3.63) is 59.3 Å². The number of likely N-dealkylation sites (N-methyl/N-ethyl adjacent to an activating group) is 1. The first-order valence-electron chi connectivity index (χ1n) is 8.48. The van der Waals surface area contributed by atoms with Gasteiger partial charge in [-0.2, -0.15) is 0 Å². The predicted molar refractivity (Wildman–Crippen MR) is 97.2 cm³/mol. The normalized spacial score (nSPS) is 21.7. The van der Waals surface area contributed by atoms with Crippen molar-refractivity contribution in [2.45, 2.75) is 12.0 Å². The number of nitrogens with zero attached hydrogens (tertiary/aromatic N) is 1. The van der Waals surface area contributed by atoms with Crippen LogP contribution in [0.2, 0.25) is 0 Å². The number of aromatic amines is 1. The van der Waals surface area contributed by atoms with Gasteiger partial charge in [-0.05, 0) is 36.2 Å². The lowest BCUT2D eigenvalue weighted by atomic mass is 9.82. The number of carbonyl (C=O) groups is 1. The smallest absolute Gasteiger partial charge is 0.257 e. The van der Waals surface area contributed by atoms with Gasteiger partial charge in [-0.1, -0.05) is 18.2 Å². The Labute approximate surface area is 145 Å². The van der Waals surface area contributed by atoms with E-state index in [0.29, 0.717) is 0 Å². The van der Waals surface area contributed by atoms with Crippen molar-refractivity contribution in [3.8, 4) is 5.75 Å². The first-order chi connectivity index (χ1) is 12.2. The molecule has 3 aromatic rings. The van der Waals surface area contributed by atoms with Crippen LogP contribution < -0.4 is 15.0 Å². The number of methoxy groups -OCH3 is 1. The van der Waals surface area contributed by atoms with Crippen LogP contribution in [0, 0.1) is 0 Å². The van der Waals surface area contributed by atoms with E-state index in [2.05, 4.69) is 16.4 Å². The molecule has 2 aliphatic rings. The molecule has 1 atom stereocenters. The van der Waals surface area contributed by atoms with E-state index in [4.69, 9.17) is 4.74 Å². The van der Waals surface area contributed by atoms with Gasteiger partial charge in [0.15, 0.2) is 5.54 Å². The molecule has 0 fully saturated rings. The molecule has 1 amide bonds. The summed E-state index contributed by atoms with van der Waals surface area (Å²) in [6.45, 7) is 0.755. The summed E-state index contributed by atoms with van der Waals surface area (Å²) >= 11 is 0. The number of hydrogen-bond donors (Lipinski definition) is 2. The Hall–Kier alpha value is -2.79. The topological polar surface area (TPSA) is 57.4 Å². The molecule has 25 heavy (non-hydrogen) atoms. The minimum Gasteiger partial charge on any atom is -0.497 e. The van der Waals surface area contributed by atoms with Crippen LogP contribution in [-0.4, -0.2) is 31.6 Å². The molecule has 0 aliphatic carbocycles. The number of carbonyl (C=O) groups excluding carboxylic acids is 1. The predicted octanol–water partition coefficient (Wildman–Crippen LogP) is 2.54. The number of anilines is 1. The largest absolute Gasteiger partial charge is 0.497 e. The Kier molecular flexibility index (Phi) is 2.83. The summed E-state index contributed by atoms with van der Waals surface area (Å²) in [5.41, 5.74) is 4.35. The Bertz CT molecular complexity index is 1020. The second kappa shape index (κ2) is 4.86. The summed E-state index contributed by atoms with van der Waals surface area (Å²) in [7, 11) is 3.52. The molecule has 126 valence electrons. The highest BCUT2D eigenvalue weighted by atomic mass is 16.5. The highest BCUT2D eigenvalue weighted by Gasteiger charge is 2.54. The lowest BCUT2D eigenvalue weighted by Crippen LogP contribution is -2.54. The number of benzene rings is 2. The van der Waals surface area contributed by atoms with Gasteiger partial charge in [0.1, 0.15) is 5.75 Å². The molecule has 2 aliphatic heterocycles. The highest BCUT2D eigenvalue weighted by Crippen LogP contribution is 2.47. The van der Waals surface area contributed by atoms with Crippen LogP contribution >= 0.6 is 0 Å². The van der Waals surface area contributed by atoms with Crippen molar-refractivity contribution in [1.82, 2.24) is 10.3 Å². The lowest BCUT2D eigenvalue weighted by Gasteiger charge is -2.33. The fourth-order valence-corrected chi connectivity index (χ4v) is 4.37. The van der Waals surface area contributed by atoms with Gasteiger partial charge in [0.25, 0.3) is 5.91 Å². The maximum absolute atomic E-state index is 13.3. The minimum atomic E-state index is -0.828. The number of fused-ring (bicyclic) bond motifs is 6. The van der Waals surface area contributed by atoms with Crippen LogP contribution in [0.25, 0.3) is 10.9 Å². The average molecular weight is 333 g/mol. The van der Waals surface area contributed by atoms with Gasteiger partial charge in [0.2, 0.25) is 0 Å². The maximum atomic E-state index is 13.3. The molecule has 0 saturated heterocycles. The van der Waals surface area contributed by atoms with Crippen LogP contribution in [0.3, 0.4) is 0 Å². The molecular weight excluding hydrogens is 314 g/mol. The third-order valence-electron chi connectivity index (χ3n) is 5.55. The molecule has 5 nitrogen and oxygen atoms in total. The molecule has 3 heterocycles. The number of H-pyrrole nitrogens is 1. The molecule has 0 radical (unpaired) electrons. The number of hydrogen-bond acceptors (Lipinski definition) is 3. The first kappa shape index (κ1) is 14.5. The second-order valence-electron chi connectivity index (χ2n) is 6.70. The third kappa shape index (κ3) is 1.68. The summed E-state index contributed by atoms with van der Waals surface area (Å²) in [4.78, 5) is 18.6. The van der Waals surface area contributed by atoms with Crippen LogP contribution in [-0.2, 0) is 16.8 Å². The highest BCUT2D eigenvalue weighted by molar-refractivity contribution is 6.10. The van der Waals surface area contributed by atoms with Crippen LogP contribution in [0.4, 0.5) is 5.69 Å². The van der Waals surface area contributed by atoms with Crippen molar-refractivity contribution < 1.29 is 9.53 Å². The van der Waals surface area contributed by atoms with E-state index in [1.54, 1.807) is 12.0 Å². The van der Waals surface area contributed by atoms with Gasteiger partial charge >= 0.3 is 0 Å². The zero-order chi connectivity index (χ0) is 17.2. The molecule has 5 rings (SSSR count). The molecule has 0 bridgehead atoms. The fourth-order valence-electron chi connectivity index (χ4n) is 4.37. The molecular formula is C20H19N3O2. The van der Waals surface area contributed by atoms with E-state index in [-0.39, 0.29) is 5.91 Å². The Balaban J connectivity index is 1.83. The number of amides is 1. The molecule has 2 aromatic carbocycles. The Morgan fingerprint density at radius 3 is 2.88 bits per heavy atom. The van der Waals surface area contributed by atoms with Gasteiger partial charge in [0.05, 0.1) is 12.8 Å². The third-order valence-corrected chi connectivity index (χ3v) is 5.55. The number of nitrogens with one attached hydrogen (secondary N) is 2. The number of ether oxygens (including phenoxy) is 1. The van der Waals surface area contributed by atoms with Crippen LogP contribution in [0.5, 0.6) is 5.75 Å². The Morgan fingerprint density at radius 1 is 1.20 bits per heavy atom. The molecule has 2 N–H and O–H groups in total. The fraction of sp³-hybridized carbons (Fsp3) is 0.250. The Morgan fingerprint density at radius 2 is 2.04 bits per heavy atom. The maximum Gasteiger partial charge on any atom is 0.257 e. The van der Waals surface area contributed by atoms with E-state index in [1.807, 2.05) is 43.4 Å². The molecule has 1 unspecified atom stereocenters. The van der Waals surface area contributed by atoms with Crippen molar-refractivity contribution in [1.29, 1.82) is 0 Å². The SMILES string of the molecule is COc1ccc2[nH]c3c(c2c1)CCNC31C(=O)N(C)c2ccccc21. The summed E-state index contributed by atoms with van der Waals surface area (Å²) in [5.74, 6) is 0.894. The number of aromatic nitrogens is 1. The summed E-state index contributed by atoms with van der Waals surface area (Å²) in [6.07, 6.45) is 0.878. The first-order valence-corrected chi connectivity index (χ1v) is 8.48. The quantitative estimate of drug-likeness (QED) is 0.719. The van der Waals surface area contributed by atoms with E-state index >= 15 is 0 Å². The minimum absolute atomic E-state index is 0.0631. The van der Waals surface area contributed by atoms with E-state index in [1.165, 1.54) is 5.56 Å². The average Bonchev–Trinajstić information content (AvgIpc) is 3.13. The van der Waals surface area contributed by atoms with Gasteiger partial charge in [-0.3, -0.25) is 10.1 Å². The molecule has 1 aromatic heterocycles. The van der Waals surface area contributed by atoms with E-state index < -0.39 is 5.54 Å². The van der Waals surface area contributed by atoms with Crippen LogP contribution in [0.15, 0.2) is 42.5 Å². The van der Waals surface area contributed by atoms with Crippen molar-refractivity contribution >= 4 is 22.5 Å². The van der Waals surface area contributed by atoms with Crippen molar-refractivity contribution in [3.63, 3.8) is 0 Å². The zero-order valence-electron chi connectivity index (χ0n) is 14.2. The standard InChI is InChI=1S/C20H19N3O2/c1-23-17-6-4-3-5-15(17)20(19(23)24)18-13(9-10-21-20)14-11-12(25-2)7-8-16(14)22-18/h3-8,11,21-22H,9-10H2,1-2H3. The number of para-hydroxylation sites is 1. The van der Waals surface area contributed by atoms with Crippen molar-refractivity contribution in [2.24, 2.45) is 0 Å². The molecule has 1 spiro atoms. The summed E-state index contributed by atoms with van der Waals surface area (Å²) in [6, 6.07) is 14.0. The second-order valence-corrected chi connectivity index (χ2v) is 6.70. The van der Waals surface area contributed by atoms with Crippen molar-refractivity contribution in [2.75, 3.05) is 25.6 Å². The van der Waals surface area contributed by atoms with E-state index in [0.717, 1.165) is 46.6 Å². The molecule has 0 saturated carbocycles. The summed E-state index contributed by atoms with van der Waals surface area (Å²) in [5, 5.41) is 4.66. The van der Waals surface area contributed by atoms with Gasteiger partial charge in [-0.15, -0.1) is 0 Å². The van der Waals surface area contributed by atoms with Crippen LogP contribution in [0.1, 0.15) is 16.8 Å². The van der Waals surface area contributed by atoms with Gasteiger partial charge in [-0.25, -0.2) is 0 Å². The van der Waals surface area contributed by atoms with Gasteiger partial charge < -0.3 is 14.6 Å². The lowest BCUT2D eigenvalue weighted by molar-refractivity contribution is -0.122. The van der Waals surface area contributed by atoms with E-state index in [9.17, 15) is 4.79 Å². The zero-order valence-corrected chi connectivity index (χ0v) is 14.2. The summed E-state index contributed by atoms with van der Waals surface area (Å²) < 4.78 is 5.39. The number of rotatable bonds is 1. The van der Waals surface area contributed by atoms with Gasteiger partial charge in [0, 0.05) is 35.7 Å². The monoisotopic (exact) mass is 333 g/mol.